The lowest BCUT2D eigenvalue weighted by Crippen LogP contribution is -2.40. The van der Waals surface area contributed by atoms with E-state index in [2.05, 4.69) is 65.4 Å². The molecule has 2 aromatic carbocycles. The molecule has 206 valence electrons. The zero-order chi connectivity index (χ0) is 27.4. The molecule has 0 bridgehead atoms. The van der Waals surface area contributed by atoms with E-state index in [0.717, 1.165) is 55.6 Å². The van der Waals surface area contributed by atoms with Gasteiger partial charge in [0.25, 0.3) is 0 Å². The van der Waals surface area contributed by atoms with Crippen molar-refractivity contribution in [3.8, 4) is 11.4 Å². The van der Waals surface area contributed by atoms with Gasteiger partial charge in [-0.1, -0.05) is 74.5 Å². The van der Waals surface area contributed by atoms with Crippen LogP contribution in [0.5, 0.6) is 0 Å². The Morgan fingerprint density at radius 2 is 1.67 bits per heavy atom. The molecular weight excluding hydrogens is 490 g/mol. The molecule has 1 aromatic heterocycles. The highest BCUT2D eigenvalue weighted by atomic mass is 16.5. The fraction of sp³-hybridized carbons (Fsp3) is 0.484. The second-order valence-corrected chi connectivity index (χ2v) is 11.8. The van der Waals surface area contributed by atoms with Gasteiger partial charge in [0.1, 0.15) is 0 Å². The maximum absolute atomic E-state index is 12.8. The van der Waals surface area contributed by atoms with Crippen LogP contribution in [0.2, 0.25) is 0 Å². The largest absolute Gasteiger partial charge is 0.352 e. The zero-order valence-electron chi connectivity index (χ0n) is 23.3. The Balaban J connectivity index is 1.05. The van der Waals surface area contributed by atoms with Crippen LogP contribution in [0.25, 0.3) is 11.4 Å². The third kappa shape index (κ3) is 6.92. The Hall–Kier alpha value is -3.52. The van der Waals surface area contributed by atoms with E-state index in [4.69, 9.17) is 4.52 Å². The van der Waals surface area contributed by atoms with Crippen molar-refractivity contribution in [2.75, 3.05) is 19.6 Å². The minimum Gasteiger partial charge on any atom is -0.352 e. The third-order valence-electron chi connectivity index (χ3n) is 7.83. The summed E-state index contributed by atoms with van der Waals surface area (Å²) in [7, 11) is 0. The molecule has 3 heterocycles. The van der Waals surface area contributed by atoms with Gasteiger partial charge in [0.2, 0.25) is 23.5 Å². The van der Waals surface area contributed by atoms with Gasteiger partial charge < -0.3 is 14.7 Å². The van der Waals surface area contributed by atoms with E-state index < -0.39 is 0 Å². The molecule has 2 saturated heterocycles. The van der Waals surface area contributed by atoms with Gasteiger partial charge in [-0.15, -0.1) is 0 Å². The van der Waals surface area contributed by atoms with E-state index in [0.29, 0.717) is 37.8 Å². The first-order valence-electron chi connectivity index (χ1n) is 14.0. The molecule has 0 aliphatic carbocycles. The minimum absolute atomic E-state index is 0.0151. The van der Waals surface area contributed by atoms with Gasteiger partial charge in [-0.25, -0.2) is 0 Å². The van der Waals surface area contributed by atoms with E-state index in [9.17, 15) is 9.59 Å². The third-order valence-corrected chi connectivity index (χ3v) is 7.83. The Morgan fingerprint density at radius 1 is 0.974 bits per heavy atom. The number of nitrogens with zero attached hydrogens (tertiary/aromatic N) is 4. The summed E-state index contributed by atoms with van der Waals surface area (Å²) in [5.74, 6) is 1.57. The van der Waals surface area contributed by atoms with Crippen LogP contribution < -0.4 is 5.32 Å². The Kier molecular flexibility index (Phi) is 8.12. The summed E-state index contributed by atoms with van der Waals surface area (Å²) < 4.78 is 5.53. The predicted molar refractivity (Wildman–Crippen MR) is 149 cm³/mol. The number of nitrogens with one attached hydrogen (secondary N) is 1. The molecule has 2 fully saturated rings. The normalized spacial score (nSPS) is 17.1. The fourth-order valence-electron chi connectivity index (χ4n) is 5.29. The number of amides is 2. The highest BCUT2D eigenvalue weighted by molar-refractivity contribution is 5.79. The van der Waals surface area contributed by atoms with E-state index >= 15 is 0 Å². The smallest absolute Gasteiger partial charge is 0.241 e. The summed E-state index contributed by atoms with van der Waals surface area (Å²) in [5.41, 5.74) is 4.51. The molecule has 0 saturated carbocycles. The molecule has 0 spiro atoms. The average molecular weight is 530 g/mol. The van der Waals surface area contributed by atoms with Crippen molar-refractivity contribution >= 4 is 11.8 Å². The van der Waals surface area contributed by atoms with Crippen molar-refractivity contribution in [2.45, 2.75) is 71.5 Å². The second kappa shape index (κ2) is 11.7. The van der Waals surface area contributed by atoms with Gasteiger partial charge >= 0.3 is 0 Å². The highest BCUT2D eigenvalue weighted by Gasteiger charge is 2.26. The van der Waals surface area contributed by atoms with Crippen LogP contribution in [-0.4, -0.2) is 51.4 Å². The summed E-state index contributed by atoms with van der Waals surface area (Å²) in [6, 6.07) is 16.5. The Bertz CT molecular complexity index is 1270. The second-order valence-electron chi connectivity index (χ2n) is 11.8. The maximum Gasteiger partial charge on any atom is 0.241 e. The van der Waals surface area contributed by atoms with Gasteiger partial charge in [0.05, 0.1) is 6.54 Å². The van der Waals surface area contributed by atoms with Crippen molar-refractivity contribution in [3.05, 3.63) is 71.1 Å². The van der Waals surface area contributed by atoms with Crippen LogP contribution in [0.3, 0.4) is 0 Å². The first kappa shape index (κ1) is 27.1. The van der Waals surface area contributed by atoms with Gasteiger partial charge in [0.15, 0.2) is 0 Å². The van der Waals surface area contributed by atoms with Crippen molar-refractivity contribution < 1.29 is 14.1 Å². The van der Waals surface area contributed by atoms with Crippen molar-refractivity contribution in [1.29, 1.82) is 0 Å². The molecule has 0 radical (unpaired) electrons. The summed E-state index contributed by atoms with van der Waals surface area (Å²) in [5, 5.41) is 7.28. The number of aromatic nitrogens is 2. The van der Waals surface area contributed by atoms with Crippen molar-refractivity contribution in [3.63, 3.8) is 0 Å². The number of rotatable bonds is 8. The molecule has 8 heteroatoms. The molecule has 39 heavy (non-hydrogen) atoms. The first-order chi connectivity index (χ1) is 18.7. The van der Waals surface area contributed by atoms with E-state index in [1.54, 1.807) is 0 Å². The lowest BCUT2D eigenvalue weighted by molar-refractivity contribution is -0.128. The quantitative estimate of drug-likeness (QED) is 0.455. The molecule has 5 rings (SSSR count). The Labute approximate surface area is 230 Å². The monoisotopic (exact) mass is 529 g/mol. The summed E-state index contributed by atoms with van der Waals surface area (Å²) in [6.07, 6.45) is 3.23. The number of carbonyl (C=O) groups excluding carboxylic acids is 2. The van der Waals surface area contributed by atoms with E-state index in [-0.39, 0.29) is 23.1 Å². The van der Waals surface area contributed by atoms with Gasteiger partial charge in [-0.3, -0.25) is 14.5 Å². The summed E-state index contributed by atoms with van der Waals surface area (Å²) in [4.78, 5) is 33.4. The molecule has 1 N–H and O–H groups in total. The Morgan fingerprint density at radius 3 is 2.31 bits per heavy atom. The molecule has 2 aliphatic heterocycles. The average Bonchev–Trinajstić information content (AvgIpc) is 3.57. The van der Waals surface area contributed by atoms with E-state index in [1.165, 1.54) is 5.56 Å². The first-order valence-corrected chi connectivity index (χ1v) is 14.0. The number of benzene rings is 2. The van der Waals surface area contributed by atoms with Crippen molar-refractivity contribution in [2.24, 2.45) is 5.92 Å². The predicted octanol–water partition coefficient (Wildman–Crippen LogP) is 4.68. The molecule has 8 nitrogen and oxygen atoms in total. The van der Waals surface area contributed by atoms with Crippen LogP contribution in [-0.2, 0) is 34.6 Å². The molecule has 3 aromatic rings. The van der Waals surface area contributed by atoms with Gasteiger partial charge in [-0.2, -0.15) is 4.98 Å². The minimum atomic E-state index is 0.0151. The molecule has 0 unspecified atom stereocenters. The number of likely N-dealkylation sites (tertiary alicyclic amines) is 2. The van der Waals surface area contributed by atoms with Gasteiger partial charge in [-0.05, 0) is 54.5 Å². The molecule has 2 aliphatic rings. The van der Waals surface area contributed by atoms with Crippen LogP contribution in [0.4, 0.5) is 0 Å². The lowest BCUT2D eigenvalue weighted by atomic mass is 9.87. The summed E-state index contributed by atoms with van der Waals surface area (Å²) in [6.45, 7) is 10.8. The lowest BCUT2D eigenvalue weighted by Gasteiger charge is -2.30. The zero-order valence-corrected chi connectivity index (χ0v) is 23.3. The van der Waals surface area contributed by atoms with Crippen LogP contribution in [0.1, 0.15) is 69.0 Å². The number of carbonyl (C=O) groups is 2. The maximum atomic E-state index is 12.8. The molecule has 2 amide bonds. The molecule has 0 atom stereocenters. The summed E-state index contributed by atoms with van der Waals surface area (Å²) >= 11 is 0. The van der Waals surface area contributed by atoms with Gasteiger partial charge in [0, 0.05) is 37.5 Å². The number of hydrogen-bond donors (Lipinski definition) is 1. The number of hydrogen-bond acceptors (Lipinski definition) is 6. The number of piperidine rings is 1. The SMILES string of the molecule is CC(C)(C)c1ccc(-c2noc(CN3CCC(C(=O)NCc4ccc(CN5CCCC5=O)cc4)CC3)n2)cc1. The highest BCUT2D eigenvalue weighted by Crippen LogP contribution is 2.25. The molecular formula is C31H39N5O3. The van der Waals surface area contributed by atoms with Crippen molar-refractivity contribution in [1.82, 2.24) is 25.3 Å². The topological polar surface area (TPSA) is 91.6 Å². The van der Waals surface area contributed by atoms with Crippen LogP contribution in [0.15, 0.2) is 53.1 Å². The van der Waals surface area contributed by atoms with Crippen LogP contribution in [0, 0.1) is 5.92 Å². The van der Waals surface area contributed by atoms with E-state index in [1.807, 2.05) is 29.2 Å². The van der Waals surface area contributed by atoms with Crippen LogP contribution >= 0.6 is 0 Å². The standard InChI is InChI=1S/C31H39N5O3/c1-31(2,3)26-12-10-24(11-13-26)29-33-27(39-34-29)21-35-17-14-25(15-18-35)30(38)32-19-22-6-8-23(9-7-22)20-36-16-4-5-28(36)37/h6-13,25H,4-5,14-21H2,1-3H3,(H,32,38). The fourth-order valence-corrected chi connectivity index (χ4v) is 5.29.